The second-order valence-corrected chi connectivity index (χ2v) is 5.30. The van der Waals surface area contributed by atoms with E-state index in [0.717, 1.165) is 12.8 Å². The van der Waals surface area contributed by atoms with Gasteiger partial charge in [-0.1, -0.05) is 71.1 Å². The number of hydrogen-bond donors (Lipinski definition) is 1. The van der Waals surface area contributed by atoms with Gasteiger partial charge in [0, 0.05) is 0 Å². The first kappa shape index (κ1) is 21.2. The van der Waals surface area contributed by atoms with Gasteiger partial charge >= 0.3 is 29.6 Å². The Bertz CT molecular complexity index is 212. The average molecular weight is 288 g/mol. The molecule has 3 nitrogen and oxygen atoms in total. The average Bonchev–Trinajstić information content (AvgIpc) is 2.30. The van der Waals surface area contributed by atoms with E-state index in [9.17, 15) is 8.42 Å². The molecule has 5 heteroatoms. The SMILES string of the molecule is CCCCCCCCCCCCCO[SH](=O)=O.[NaH]. The Labute approximate surface area is 137 Å². The van der Waals surface area contributed by atoms with Crippen LogP contribution >= 0.6 is 0 Å². The van der Waals surface area contributed by atoms with E-state index >= 15 is 0 Å². The normalized spacial score (nSPS) is 10.6. The van der Waals surface area contributed by atoms with Gasteiger partial charge in [0.2, 0.25) is 0 Å². The molecule has 0 aromatic heterocycles. The fraction of sp³-hybridized carbons (Fsp3) is 1.00. The molecule has 0 aromatic carbocycles. The van der Waals surface area contributed by atoms with Crippen molar-refractivity contribution in [1.29, 1.82) is 0 Å². The third-order valence-corrected chi connectivity index (χ3v) is 3.34. The van der Waals surface area contributed by atoms with E-state index in [-0.39, 0.29) is 29.6 Å². The molecule has 0 radical (unpaired) electrons. The molecule has 0 atom stereocenters. The summed E-state index contributed by atoms with van der Waals surface area (Å²) in [4.78, 5) is 0. The molecular formula is C13H29NaO3S. The molecule has 0 aromatic rings. The number of rotatable bonds is 13. The summed E-state index contributed by atoms with van der Waals surface area (Å²) in [5, 5.41) is 0. The second-order valence-electron chi connectivity index (χ2n) is 4.59. The Morgan fingerprint density at radius 3 is 1.50 bits per heavy atom. The molecule has 0 saturated carbocycles. The van der Waals surface area contributed by atoms with Crippen molar-refractivity contribution in [3.8, 4) is 0 Å². The summed E-state index contributed by atoms with van der Waals surface area (Å²) < 4.78 is 24.7. The molecule has 0 N–H and O–H groups in total. The van der Waals surface area contributed by atoms with Gasteiger partial charge < -0.3 is 0 Å². The van der Waals surface area contributed by atoms with E-state index in [1.807, 2.05) is 0 Å². The van der Waals surface area contributed by atoms with Gasteiger partial charge in [-0.25, -0.2) is 8.42 Å². The maximum atomic E-state index is 10.1. The van der Waals surface area contributed by atoms with Crippen molar-refractivity contribution in [1.82, 2.24) is 0 Å². The molecular weight excluding hydrogens is 259 g/mol. The zero-order valence-electron chi connectivity index (χ0n) is 11.2. The van der Waals surface area contributed by atoms with Gasteiger partial charge in [0.05, 0.1) is 6.61 Å². The topological polar surface area (TPSA) is 43.4 Å². The number of thiol groups is 1. The Morgan fingerprint density at radius 2 is 1.11 bits per heavy atom. The molecule has 0 saturated heterocycles. The third kappa shape index (κ3) is 19.3. The Balaban J connectivity index is 0. The van der Waals surface area contributed by atoms with Gasteiger partial charge in [0.25, 0.3) is 11.0 Å². The van der Waals surface area contributed by atoms with Crippen LogP contribution < -0.4 is 0 Å². The summed E-state index contributed by atoms with van der Waals surface area (Å²) in [6.07, 6.45) is 13.9. The van der Waals surface area contributed by atoms with E-state index in [1.165, 1.54) is 57.8 Å². The molecule has 0 unspecified atom stereocenters. The van der Waals surface area contributed by atoms with Crippen molar-refractivity contribution < 1.29 is 12.6 Å². The molecule has 0 aliphatic heterocycles. The van der Waals surface area contributed by atoms with Crippen LogP contribution in [0.25, 0.3) is 0 Å². The summed E-state index contributed by atoms with van der Waals surface area (Å²) in [6.45, 7) is 2.60. The summed E-state index contributed by atoms with van der Waals surface area (Å²) in [7, 11) is -2.64. The molecule has 0 bridgehead atoms. The molecule has 106 valence electrons. The van der Waals surface area contributed by atoms with E-state index in [1.54, 1.807) is 0 Å². The quantitative estimate of drug-likeness (QED) is 0.321. The summed E-state index contributed by atoms with van der Waals surface area (Å²) in [5.74, 6) is 0. The standard InChI is InChI=1S/C13H28O3S.Na.H/c1-2-3-4-5-6-7-8-9-10-11-12-13-16-17(14)15;;/h17H,2-13H2,1H3;;. The molecule has 0 aliphatic carbocycles. The predicted molar refractivity (Wildman–Crippen MR) is 79.9 cm³/mol. The second kappa shape index (κ2) is 17.9. The van der Waals surface area contributed by atoms with E-state index in [4.69, 9.17) is 0 Å². The van der Waals surface area contributed by atoms with Crippen molar-refractivity contribution in [2.24, 2.45) is 0 Å². The third-order valence-electron chi connectivity index (χ3n) is 2.94. The number of unbranched alkanes of at least 4 members (excludes halogenated alkanes) is 10. The molecule has 0 fully saturated rings. The van der Waals surface area contributed by atoms with E-state index in [0.29, 0.717) is 6.61 Å². The minimum atomic E-state index is -2.64. The van der Waals surface area contributed by atoms with E-state index < -0.39 is 11.0 Å². The number of hydrogen-bond acceptors (Lipinski definition) is 3. The van der Waals surface area contributed by atoms with Gasteiger partial charge in [-0.15, -0.1) is 0 Å². The van der Waals surface area contributed by atoms with E-state index in [2.05, 4.69) is 11.1 Å². The van der Waals surface area contributed by atoms with Crippen LogP contribution in [0.5, 0.6) is 0 Å². The summed E-state index contributed by atoms with van der Waals surface area (Å²) in [5.41, 5.74) is 0. The summed E-state index contributed by atoms with van der Waals surface area (Å²) in [6, 6.07) is 0. The fourth-order valence-corrected chi connectivity index (χ4v) is 2.18. The predicted octanol–water partition coefficient (Wildman–Crippen LogP) is 3.19. The van der Waals surface area contributed by atoms with Crippen molar-refractivity contribution in [3.05, 3.63) is 0 Å². The molecule has 0 amide bonds. The zero-order chi connectivity index (χ0) is 12.8. The van der Waals surface area contributed by atoms with Gasteiger partial charge in [0.1, 0.15) is 0 Å². The fourth-order valence-electron chi connectivity index (χ4n) is 1.91. The first-order valence-corrected chi connectivity index (χ1v) is 8.14. The summed E-state index contributed by atoms with van der Waals surface area (Å²) >= 11 is 0. The van der Waals surface area contributed by atoms with Crippen LogP contribution in [0.4, 0.5) is 0 Å². The van der Waals surface area contributed by atoms with Gasteiger partial charge in [-0.3, -0.25) is 4.18 Å². The maximum absolute atomic E-state index is 10.1. The minimum absolute atomic E-state index is 0. The molecule has 0 heterocycles. The monoisotopic (exact) mass is 288 g/mol. The zero-order valence-corrected chi connectivity index (χ0v) is 12.1. The van der Waals surface area contributed by atoms with Crippen LogP contribution in [0.15, 0.2) is 0 Å². The first-order valence-electron chi connectivity index (χ1n) is 7.04. The van der Waals surface area contributed by atoms with Crippen molar-refractivity contribution in [2.45, 2.75) is 77.6 Å². The van der Waals surface area contributed by atoms with Crippen molar-refractivity contribution in [3.63, 3.8) is 0 Å². The van der Waals surface area contributed by atoms with Crippen LogP contribution in [0.3, 0.4) is 0 Å². The van der Waals surface area contributed by atoms with Crippen molar-refractivity contribution >= 4 is 40.5 Å². The Morgan fingerprint density at radius 1 is 0.722 bits per heavy atom. The molecule has 0 rings (SSSR count). The Hall–Kier alpha value is 0.910. The molecule has 0 spiro atoms. The van der Waals surface area contributed by atoms with Crippen LogP contribution in [0.2, 0.25) is 0 Å². The Kier molecular flexibility index (Phi) is 21.1. The van der Waals surface area contributed by atoms with Crippen LogP contribution in [-0.4, -0.2) is 44.6 Å². The molecule has 18 heavy (non-hydrogen) atoms. The van der Waals surface area contributed by atoms with Crippen LogP contribution in [0, 0.1) is 0 Å². The van der Waals surface area contributed by atoms with Crippen LogP contribution in [-0.2, 0) is 15.2 Å². The molecule has 0 aliphatic rings. The van der Waals surface area contributed by atoms with Crippen molar-refractivity contribution in [2.75, 3.05) is 6.61 Å². The van der Waals surface area contributed by atoms with Gasteiger partial charge in [0.15, 0.2) is 0 Å². The van der Waals surface area contributed by atoms with Gasteiger partial charge in [-0.05, 0) is 6.42 Å². The first-order chi connectivity index (χ1) is 8.27. The van der Waals surface area contributed by atoms with Gasteiger partial charge in [-0.2, -0.15) is 0 Å². The van der Waals surface area contributed by atoms with Crippen LogP contribution in [0.1, 0.15) is 77.6 Å².